The van der Waals surface area contributed by atoms with E-state index in [0.29, 0.717) is 5.92 Å². The normalized spacial score (nSPS) is 8.67. The smallest absolute Gasteiger partial charge is 0.0219 e. The quantitative estimate of drug-likeness (QED) is 0.653. The summed E-state index contributed by atoms with van der Waals surface area (Å²) in [5.74, 6) is 0.653. The molecule has 12 heavy (non-hydrogen) atoms. The molecule has 0 aliphatic carbocycles. The Morgan fingerprint density at radius 3 is 1.67 bits per heavy atom. The number of hydrogen-bond acceptors (Lipinski definition) is 0. The molecule has 0 saturated carbocycles. The molecule has 0 aromatic heterocycles. The highest BCUT2D eigenvalue weighted by atomic mass is 35.5. The zero-order chi connectivity index (χ0) is 7.56. The lowest BCUT2D eigenvalue weighted by Gasteiger charge is -2.03. The third kappa shape index (κ3) is 3.99. The lowest BCUT2D eigenvalue weighted by Crippen LogP contribution is -1.85. The summed E-state index contributed by atoms with van der Waals surface area (Å²) in [6.07, 6.45) is 0. The van der Waals surface area contributed by atoms with Crippen LogP contribution in [0, 0.1) is 6.92 Å². The van der Waals surface area contributed by atoms with Gasteiger partial charge in [-0.1, -0.05) is 43.7 Å². The Labute approximate surface area is 87.2 Å². The largest absolute Gasteiger partial charge is 0.147 e. The number of halogens is 2. The second kappa shape index (κ2) is 6.33. The van der Waals surface area contributed by atoms with Crippen LogP contribution in [0.15, 0.2) is 24.3 Å². The molecule has 0 nitrogen and oxygen atoms in total. The summed E-state index contributed by atoms with van der Waals surface area (Å²) in [6, 6.07) is 8.71. The zero-order valence-corrected chi connectivity index (χ0v) is 9.34. The van der Waals surface area contributed by atoms with Gasteiger partial charge in [-0.15, -0.1) is 24.8 Å². The third-order valence-corrected chi connectivity index (χ3v) is 1.74. The van der Waals surface area contributed by atoms with Crippen molar-refractivity contribution >= 4 is 24.8 Å². The summed E-state index contributed by atoms with van der Waals surface area (Å²) in [4.78, 5) is 0. The summed E-state index contributed by atoms with van der Waals surface area (Å²) < 4.78 is 0. The van der Waals surface area contributed by atoms with E-state index in [1.807, 2.05) is 0 Å². The van der Waals surface area contributed by atoms with E-state index in [1.54, 1.807) is 0 Å². The van der Waals surface area contributed by atoms with Gasteiger partial charge in [0, 0.05) is 0 Å². The first-order valence-corrected chi connectivity index (χ1v) is 3.76. The van der Waals surface area contributed by atoms with Crippen LogP contribution in [0.3, 0.4) is 0 Å². The van der Waals surface area contributed by atoms with Crippen LogP contribution in [0.2, 0.25) is 0 Å². The fraction of sp³-hybridized carbons (Fsp3) is 0.400. The Balaban J connectivity index is 0. The number of aryl methyl sites for hydroxylation is 1. The molecule has 1 rings (SSSR count). The van der Waals surface area contributed by atoms with Gasteiger partial charge in [-0.05, 0) is 18.4 Å². The second-order valence-electron chi connectivity index (χ2n) is 3.07. The molecule has 0 bridgehead atoms. The van der Waals surface area contributed by atoms with Crippen LogP contribution in [-0.2, 0) is 0 Å². The highest BCUT2D eigenvalue weighted by Crippen LogP contribution is 2.13. The maximum atomic E-state index is 2.21. The van der Waals surface area contributed by atoms with Crippen LogP contribution < -0.4 is 0 Å². The molecule has 0 amide bonds. The fourth-order valence-electron chi connectivity index (χ4n) is 0.951. The van der Waals surface area contributed by atoms with E-state index in [1.165, 1.54) is 11.1 Å². The molecule has 0 unspecified atom stereocenters. The van der Waals surface area contributed by atoms with Crippen LogP contribution in [0.25, 0.3) is 0 Å². The van der Waals surface area contributed by atoms with Gasteiger partial charge < -0.3 is 0 Å². The summed E-state index contributed by atoms with van der Waals surface area (Å²) in [5.41, 5.74) is 2.76. The number of hydrogen-bond donors (Lipinski definition) is 0. The van der Waals surface area contributed by atoms with Crippen molar-refractivity contribution < 1.29 is 0 Å². The highest BCUT2D eigenvalue weighted by Gasteiger charge is 1.95. The van der Waals surface area contributed by atoms with Crippen molar-refractivity contribution in [3.63, 3.8) is 0 Å². The molecule has 1 aromatic rings. The summed E-state index contributed by atoms with van der Waals surface area (Å²) in [5, 5.41) is 0. The van der Waals surface area contributed by atoms with Crippen LogP contribution in [0.1, 0.15) is 30.9 Å². The number of benzene rings is 1. The van der Waals surface area contributed by atoms with Crippen molar-refractivity contribution in [2.45, 2.75) is 26.7 Å². The van der Waals surface area contributed by atoms with Gasteiger partial charge in [-0.25, -0.2) is 0 Å². The van der Waals surface area contributed by atoms with E-state index >= 15 is 0 Å². The molecule has 70 valence electrons. The minimum absolute atomic E-state index is 0. The maximum absolute atomic E-state index is 2.21. The number of rotatable bonds is 1. The highest BCUT2D eigenvalue weighted by molar-refractivity contribution is 5.85. The van der Waals surface area contributed by atoms with Crippen LogP contribution >= 0.6 is 24.8 Å². The van der Waals surface area contributed by atoms with E-state index < -0.39 is 0 Å². The first-order chi connectivity index (χ1) is 4.70. The zero-order valence-electron chi connectivity index (χ0n) is 7.70. The summed E-state index contributed by atoms with van der Waals surface area (Å²) in [7, 11) is 0. The Kier molecular flexibility index (Phi) is 7.56. The minimum Gasteiger partial charge on any atom is -0.147 e. The molecule has 0 fully saturated rings. The van der Waals surface area contributed by atoms with E-state index in [4.69, 9.17) is 0 Å². The van der Waals surface area contributed by atoms with Crippen LogP contribution in [0.4, 0.5) is 0 Å². The van der Waals surface area contributed by atoms with E-state index in [2.05, 4.69) is 45.0 Å². The third-order valence-electron chi connectivity index (χ3n) is 1.74. The topological polar surface area (TPSA) is 0 Å². The van der Waals surface area contributed by atoms with E-state index in [0.717, 1.165) is 0 Å². The minimum atomic E-state index is 0. The standard InChI is InChI=1S/C10H14.2ClH/c1-8(2)10-6-4-9(3)5-7-10;;/h4-8H,1-3H3;2*1H. The SMILES string of the molecule is Cc1ccc(C(C)C)cc1.Cl.Cl. The summed E-state index contributed by atoms with van der Waals surface area (Å²) >= 11 is 0. The van der Waals surface area contributed by atoms with Crippen molar-refractivity contribution in [1.82, 2.24) is 0 Å². The lowest BCUT2D eigenvalue weighted by molar-refractivity contribution is 0.866. The van der Waals surface area contributed by atoms with Crippen LogP contribution in [-0.4, -0.2) is 0 Å². The predicted octanol–water partition coefficient (Wildman–Crippen LogP) is 3.96. The molecule has 0 radical (unpaired) electrons. The van der Waals surface area contributed by atoms with E-state index in [-0.39, 0.29) is 24.8 Å². The van der Waals surface area contributed by atoms with Gasteiger partial charge in [0.05, 0.1) is 0 Å². The average molecular weight is 207 g/mol. The van der Waals surface area contributed by atoms with Gasteiger partial charge in [-0.3, -0.25) is 0 Å². The first-order valence-electron chi connectivity index (χ1n) is 3.76. The monoisotopic (exact) mass is 206 g/mol. The van der Waals surface area contributed by atoms with Gasteiger partial charge >= 0.3 is 0 Å². The van der Waals surface area contributed by atoms with Gasteiger partial charge in [0.15, 0.2) is 0 Å². The van der Waals surface area contributed by atoms with Gasteiger partial charge in [0.2, 0.25) is 0 Å². The van der Waals surface area contributed by atoms with Crippen molar-refractivity contribution in [2.24, 2.45) is 0 Å². The Hall–Kier alpha value is -0.200. The molecule has 0 saturated heterocycles. The van der Waals surface area contributed by atoms with E-state index in [9.17, 15) is 0 Å². The summed E-state index contributed by atoms with van der Waals surface area (Å²) in [6.45, 7) is 6.54. The Morgan fingerprint density at radius 1 is 0.917 bits per heavy atom. The maximum Gasteiger partial charge on any atom is -0.0219 e. The predicted molar refractivity (Wildman–Crippen MR) is 59.8 cm³/mol. The van der Waals surface area contributed by atoms with Crippen molar-refractivity contribution in [3.05, 3.63) is 35.4 Å². The molecule has 0 aliphatic heterocycles. The second-order valence-corrected chi connectivity index (χ2v) is 3.07. The van der Waals surface area contributed by atoms with Gasteiger partial charge in [0.25, 0.3) is 0 Å². The molecule has 0 atom stereocenters. The molecule has 0 spiro atoms. The molecular formula is C10H16Cl2. The molecule has 0 N–H and O–H groups in total. The fourth-order valence-corrected chi connectivity index (χ4v) is 0.951. The molecule has 2 heteroatoms. The average Bonchev–Trinajstić information content (AvgIpc) is 1.88. The Bertz CT molecular complexity index is 202. The van der Waals surface area contributed by atoms with Crippen LogP contribution in [0.5, 0.6) is 0 Å². The molecule has 0 aliphatic rings. The molecule has 0 heterocycles. The first kappa shape index (κ1) is 14.3. The lowest BCUT2D eigenvalue weighted by atomic mass is 10.0. The van der Waals surface area contributed by atoms with Gasteiger partial charge in [0.1, 0.15) is 0 Å². The Morgan fingerprint density at radius 2 is 1.33 bits per heavy atom. The molecule has 1 aromatic carbocycles. The van der Waals surface area contributed by atoms with Crippen molar-refractivity contribution in [1.29, 1.82) is 0 Å². The van der Waals surface area contributed by atoms with Crippen molar-refractivity contribution in [3.8, 4) is 0 Å². The van der Waals surface area contributed by atoms with Crippen molar-refractivity contribution in [2.75, 3.05) is 0 Å². The molecular weight excluding hydrogens is 191 g/mol. The van der Waals surface area contributed by atoms with Gasteiger partial charge in [-0.2, -0.15) is 0 Å².